The molecule has 1 aromatic carbocycles. The maximum absolute atomic E-state index is 12.3. The Morgan fingerprint density at radius 3 is 3.04 bits per heavy atom. The summed E-state index contributed by atoms with van der Waals surface area (Å²) in [7, 11) is 0. The zero-order chi connectivity index (χ0) is 17.5. The molecule has 5 nitrogen and oxygen atoms in total. The number of piperidine rings is 1. The number of nitrogens with zero attached hydrogens (tertiary/aromatic N) is 4. The molecule has 0 unspecified atom stereocenters. The molecule has 0 radical (unpaired) electrons. The quantitative estimate of drug-likeness (QED) is 0.535. The van der Waals surface area contributed by atoms with Crippen LogP contribution in [-0.4, -0.2) is 25.8 Å². The molecule has 7 heteroatoms. The van der Waals surface area contributed by atoms with Crippen molar-refractivity contribution in [2.75, 3.05) is 6.54 Å². The summed E-state index contributed by atoms with van der Waals surface area (Å²) < 4.78 is 2.85. The van der Waals surface area contributed by atoms with Gasteiger partial charge >= 0.3 is 0 Å². The van der Waals surface area contributed by atoms with Crippen LogP contribution in [0, 0.1) is 0 Å². The van der Waals surface area contributed by atoms with Gasteiger partial charge in [-0.05, 0) is 31.5 Å². The van der Waals surface area contributed by atoms with E-state index in [1.54, 1.807) is 28.0 Å². The topological polar surface area (TPSA) is 50.5 Å². The first kappa shape index (κ1) is 16.1. The second kappa shape index (κ2) is 6.57. The fourth-order valence-electron chi connectivity index (χ4n) is 3.67. The van der Waals surface area contributed by atoms with Gasteiger partial charge < -0.3 is 0 Å². The average molecular weight is 383 g/mol. The summed E-state index contributed by atoms with van der Waals surface area (Å²) in [5.74, 6) is 0. The van der Waals surface area contributed by atoms with Crippen LogP contribution in [0.15, 0.2) is 46.7 Å². The van der Waals surface area contributed by atoms with Crippen LogP contribution >= 0.6 is 22.7 Å². The van der Waals surface area contributed by atoms with Crippen molar-refractivity contribution in [1.82, 2.24) is 19.3 Å². The highest BCUT2D eigenvalue weighted by atomic mass is 32.1. The summed E-state index contributed by atoms with van der Waals surface area (Å²) >= 11 is 3.29. The number of thiazole rings is 2. The van der Waals surface area contributed by atoms with Crippen LogP contribution in [0.3, 0.4) is 0 Å². The zero-order valence-electron chi connectivity index (χ0n) is 14.2. The SMILES string of the molecule is O=c1cc(CN2CCCC[C@@H]2c2nc3ccccc3s2)nc2sccn12. The first-order valence-corrected chi connectivity index (χ1v) is 10.5. The van der Waals surface area contributed by atoms with Gasteiger partial charge in [0.1, 0.15) is 5.01 Å². The van der Waals surface area contributed by atoms with Gasteiger partial charge in [-0.1, -0.05) is 18.6 Å². The Labute approximate surface area is 158 Å². The van der Waals surface area contributed by atoms with Crippen LogP contribution in [0.1, 0.15) is 36.0 Å². The molecular weight excluding hydrogens is 364 g/mol. The third-order valence-electron chi connectivity index (χ3n) is 4.93. The van der Waals surface area contributed by atoms with Gasteiger partial charge in [-0.15, -0.1) is 22.7 Å². The summed E-state index contributed by atoms with van der Waals surface area (Å²) in [5.41, 5.74) is 1.93. The molecule has 132 valence electrons. The molecule has 0 amide bonds. The van der Waals surface area contributed by atoms with Gasteiger partial charge in [0.15, 0.2) is 4.96 Å². The predicted molar refractivity (Wildman–Crippen MR) is 106 cm³/mol. The molecule has 0 aliphatic carbocycles. The lowest BCUT2D eigenvalue weighted by Crippen LogP contribution is -2.33. The van der Waals surface area contributed by atoms with E-state index in [9.17, 15) is 4.79 Å². The van der Waals surface area contributed by atoms with Gasteiger partial charge in [-0.3, -0.25) is 14.1 Å². The molecule has 0 N–H and O–H groups in total. The van der Waals surface area contributed by atoms with Gasteiger partial charge in [-0.2, -0.15) is 0 Å². The van der Waals surface area contributed by atoms with Crippen LogP contribution in [-0.2, 0) is 6.54 Å². The molecule has 0 bridgehead atoms. The van der Waals surface area contributed by atoms with E-state index in [1.807, 2.05) is 11.4 Å². The van der Waals surface area contributed by atoms with Crippen molar-refractivity contribution in [3.8, 4) is 0 Å². The number of aromatic nitrogens is 3. The van der Waals surface area contributed by atoms with Crippen LogP contribution in [0.4, 0.5) is 0 Å². The average Bonchev–Trinajstić information content (AvgIpc) is 3.29. The minimum absolute atomic E-state index is 0.000188. The van der Waals surface area contributed by atoms with Crippen LogP contribution < -0.4 is 5.56 Å². The third-order valence-corrected chi connectivity index (χ3v) is 6.82. The number of hydrogen-bond donors (Lipinski definition) is 0. The summed E-state index contributed by atoms with van der Waals surface area (Å²) in [6, 6.07) is 10.3. The van der Waals surface area contributed by atoms with Crippen molar-refractivity contribution in [2.24, 2.45) is 0 Å². The first-order valence-electron chi connectivity index (χ1n) is 8.83. The van der Waals surface area contributed by atoms with Gasteiger partial charge in [0, 0.05) is 24.2 Å². The smallest absolute Gasteiger partial charge is 0.258 e. The maximum Gasteiger partial charge on any atom is 0.258 e. The molecule has 4 heterocycles. The minimum Gasteiger partial charge on any atom is -0.288 e. The Bertz CT molecular complexity index is 1100. The Hall–Kier alpha value is -2.09. The largest absolute Gasteiger partial charge is 0.288 e. The highest BCUT2D eigenvalue weighted by molar-refractivity contribution is 7.18. The molecule has 26 heavy (non-hydrogen) atoms. The van der Waals surface area contributed by atoms with Gasteiger partial charge in [0.05, 0.1) is 22.0 Å². The Morgan fingerprint density at radius 2 is 2.12 bits per heavy atom. The molecule has 1 aliphatic rings. The normalized spacial score (nSPS) is 18.7. The molecule has 0 saturated carbocycles. The number of benzene rings is 1. The highest BCUT2D eigenvalue weighted by Crippen LogP contribution is 2.36. The molecule has 1 fully saturated rings. The second-order valence-electron chi connectivity index (χ2n) is 6.64. The van der Waals surface area contributed by atoms with Gasteiger partial charge in [-0.25, -0.2) is 9.97 Å². The van der Waals surface area contributed by atoms with Gasteiger partial charge in [0.25, 0.3) is 5.56 Å². The van der Waals surface area contributed by atoms with E-state index in [2.05, 4.69) is 28.1 Å². The second-order valence-corrected chi connectivity index (χ2v) is 8.58. The third kappa shape index (κ3) is 2.86. The molecule has 1 saturated heterocycles. The van der Waals surface area contributed by atoms with Crippen LogP contribution in [0.2, 0.25) is 0 Å². The van der Waals surface area contributed by atoms with Crippen molar-refractivity contribution in [1.29, 1.82) is 0 Å². The maximum atomic E-state index is 12.3. The van der Waals surface area contributed by atoms with Crippen molar-refractivity contribution >= 4 is 37.9 Å². The van der Waals surface area contributed by atoms with E-state index in [-0.39, 0.29) is 5.56 Å². The van der Waals surface area contributed by atoms with Crippen LogP contribution in [0.25, 0.3) is 15.2 Å². The molecule has 1 atom stereocenters. The summed E-state index contributed by atoms with van der Waals surface area (Å²) in [4.78, 5) is 25.0. The zero-order valence-corrected chi connectivity index (χ0v) is 15.8. The predicted octanol–water partition coefficient (Wildman–Crippen LogP) is 4.09. The summed E-state index contributed by atoms with van der Waals surface area (Å²) in [6.45, 7) is 1.72. The fourth-order valence-corrected chi connectivity index (χ4v) is 5.55. The number of rotatable bonds is 3. The monoisotopic (exact) mass is 382 g/mol. The summed E-state index contributed by atoms with van der Waals surface area (Å²) in [5, 5.41) is 3.08. The molecular formula is C19H18N4OS2. The van der Waals surface area contributed by atoms with Crippen molar-refractivity contribution < 1.29 is 0 Å². The first-order chi connectivity index (χ1) is 12.8. The summed E-state index contributed by atoms with van der Waals surface area (Å²) in [6.07, 6.45) is 5.29. The lowest BCUT2D eigenvalue weighted by Gasteiger charge is -2.34. The van der Waals surface area contributed by atoms with E-state index in [0.29, 0.717) is 12.6 Å². The van der Waals surface area contributed by atoms with E-state index in [1.165, 1.54) is 33.9 Å². The Morgan fingerprint density at radius 1 is 1.19 bits per heavy atom. The molecule has 4 aromatic rings. The van der Waals surface area contributed by atoms with E-state index >= 15 is 0 Å². The molecule has 1 aliphatic heterocycles. The molecule has 5 rings (SSSR count). The van der Waals surface area contributed by atoms with Crippen LogP contribution in [0.5, 0.6) is 0 Å². The van der Waals surface area contributed by atoms with Crippen molar-refractivity contribution in [2.45, 2.75) is 31.8 Å². The highest BCUT2D eigenvalue weighted by Gasteiger charge is 2.27. The Kier molecular flexibility index (Phi) is 4.07. The molecule has 0 spiro atoms. The number of hydrogen-bond acceptors (Lipinski definition) is 6. The van der Waals surface area contributed by atoms with Crippen molar-refractivity contribution in [3.05, 3.63) is 63.0 Å². The minimum atomic E-state index is -0.000188. The van der Waals surface area contributed by atoms with E-state index < -0.39 is 0 Å². The number of fused-ring (bicyclic) bond motifs is 2. The van der Waals surface area contributed by atoms with Gasteiger partial charge in [0.2, 0.25) is 0 Å². The lowest BCUT2D eigenvalue weighted by atomic mass is 10.0. The fraction of sp³-hybridized carbons (Fsp3) is 0.316. The molecule has 3 aromatic heterocycles. The van der Waals surface area contributed by atoms with Crippen molar-refractivity contribution in [3.63, 3.8) is 0 Å². The van der Waals surface area contributed by atoms with E-state index in [4.69, 9.17) is 4.98 Å². The standard InChI is InChI=1S/C19H18N4OS2/c24-17-11-13(20-19-23(17)9-10-25-19)12-22-8-4-3-6-15(22)18-21-14-5-1-2-7-16(14)26-18/h1-2,5,7,9-11,15H,3-4,6,8,12H2/t15-/m1/s1. The Balaban J connectivity index is 1.48. The lowest BCUT2D eigenvalue weighted by molar-refractivity contribution is 0.138. The van der Waals surface area contributed by atoms with E-state index in [0.717, 1.165) is 29.1 Å². The number of likely N-dealkylation sites (tertiary alicyclic amines) is 1. The number of para-hydroxylation sites is 1.